The molecule has 2 aromatic carbocycles. The lowest BCUT2D eigenvalue weighted by molar-refractivity contribution is 0.490. The summed E-state index contributed by atoms with van der Waals surface area (Å²) in [6.45, 7) is 0.0181. The minimum atomic E-state index is -1.20. The Morgan fingerprint density at radius 2 is 1.67 bits per heavy atom. The highest BCUT2D eigenvalue weighted by Crippen LogP contribution is 2.28. The van der Waals surface area contributed by atoms with Gasteiger partial charge in [-0.2, -0.15) is 0 Å². The van der Waals surface area contributed by atoms with Gasteiger partial charge in [-0.1, -0.05) is 11.6 Å². The number of benzene rings is 2. The van der Waals surface area contributed by atoms with Crippen molar-refractivity contribution in [1.29, 1.82) is 0 Å². The zero-order valence-corrected chi connectivity index (χ0v) is 12.3. The Balaban J connectivity index is 2.24. The van der Waals surface area contributed by atoms with Gasteiger partial charge in [-0.25, -0.2) is 13.2 Å². The van der Waals surface area contributed by atoms with Crippen molar-refractivity contribution in [2.75, 3.05) is 24.3 Å². The second kappa shape index (κ2) is 6.26. The van der Waals surface area contributed by atoms with Gasteiger partial charge in [0.05, 0.1) is 11.4 Å². The van der Waals surface area contributed by atoms with Gasteiger partial charge in [0.15, 0.2) is 11.6 Å². The van der Waals surface area contributed by atoms with Crippen molar-refractivity contribution in [3.05, 3.63) is 58.4 Å². The number of rotatable bonds is 4. The summed E-state index contributed by atoms with van der Waals surface area (Å²) >= 11 is 5.94. The molecular formula is C15H14ClF3N2. The Morgan fingerprint density at radius 1 is 1.00 bits per heavy atom. The summed E-state index contributed by atoms with van der Waals surface area (Å²) in [5.41, 5.74) is 1.57. The van der Waals surface area contributed by atoms with Crippen LogP contribution in [0.1, 0.15) is 5.56 Å². The summed E-state index contributed by atoms with van der Waals surface area (Å²) in [7, 11) is 3.71. The minimum Gasteiger partial charge on any atom is -0.379 e. The topological polar surface area (TPSA) is 15.3 Å². The van der Waals surface area contributed by atoms with E-state index in [1.165, 1.54) is 0 Å². The SMILES string of the molecule is CN(C)c1ccc(Cl)cc1NCc1cc(F)c(F)cc1F. The van der Waals surface area contributed by atoms with Crippen LogP contribution in [0.25, 0.3) is 0 Å². The molecule has 0 heterocycles. The van der Waals surface area contributed by atoms with Crippen LogP contribution in [0.3, 0.4) is 0 Å². The van der Waals surface area contributed by atoms with Crippen LogP contribution in [-0.4, -0.2) is 14.1 Å². The van der Waals surface area contributed by atoms with E-state index in [-0.39, 0.29) is 12.1 Å². The van der Waals surface area contributed by atoms with Gasteiger partial charge in [0.25, 0.3) is 0 Å². The second-order valence-corrected chi connectivity index (χ2v) is 5.20. The van der Waals surface area contributed by atoms with Gasteiger partial charge in [0, 0.05) is 37.3 Å². The molecule has 0 bridgehead atoms. The number of hydrogen-bond acceptors (Lipinski definition) is 2. The van der Waals surface area contributed by atoms with Crippen LogP contribution >= 0.6 is 11.6 Å². The third-order valence-corrected chi connectivity index (χ3v) is 3.23. The number of nitrogens with one attached hydrogen (secondary N) is 1. The lowest BCUT2D eigenvalue weighted by Gasteiger charge is -2.19. The lowest BCUT2D eigenvalue weighted by Crippen LogP contribution is -2.12. The minimum absolute atomic E-state index is 0.0181. The Bertz CT molecular complexity index is 660. The predicted molar refractivity (Wildman–Crippen MR) is 79.4 cm³/mol. The Hall–Kier alpha value is -1.88. The van der Waals surface area contributed by atoms with E-state index in [4.69, 9.17) is 11.6 Å². The number of anilines is 2. The maximum Gasteiger partial charge on any atom is 0.161 e. The van der Waals surface area contributed by atoms with Gasteiger partial charge >= 0.3 is 0 Å². The first kappa shape index (κ1) is 15.5. The first-order chi connectivity index (χ1) is 9.88. The molecule has 0 atom stereocenters. The molecule has 21 heavy (non-hydrogen) atoms. The highest BCUT2D eigenvalue weighted by molar-refractivity contribution is 6.31. The van der Waals surface area contributed by atoms with Crippen molar-refractivity contribution in [1.82, 2.24) is 0 Å². The summed E-state index contributed by atoms with van der Waals surface area (Å²) < 4.78 is 39.6. The van der Waals surface area contributed by atoms with E-state index in [1.54, 1.807) is 12.1 Å². The Labute approximate surface area is 126 Å². The molecule has 6 heteroatoms. The van der Waals surface area contributed by atoms with Gasteiger partial charge in [-0.15, -0.1) is 0 Å². The first-order valence-electron chi connectivity index (χ1n) is 6.22. The zero-order chi connectivity index (χ0) is 15.6. The van der Waals surface area contributed by atoms with Gasteiger partial charge in [-0.3, -0.25) is 0 Å². The third kappa shape index (κ3) is 3.61. The van der Waals surface area contributed by atoms with Crippen molar-refractivity contribution < 1.29 is 13.2 Å². The van der Waals surface area contributed by atoms with Gasteiger partial charge in [-0.05, 0) is 24.3 Å². The number of halogens is 4. The standard InChI is InChI=1S/C15H14ClF3N2/c1-21(2)15-4-3-10(16)6-14(15)20-8-9-5-12(18)13(19)7-11(9)17/h3-7,20H,8H2,1-2H3. The zero-order valence-electron chi connectivity index (χ0n) is 11.6. The van der Waals surface area contributed by atoms with E-state index in [9.17, 15) is 13.2 Å². The fourth-order valence-electron chi connectivity index (χ4n) is 1.93. The average molecular weight is 315 g/mol. The molecule has 112 valence electrons. The average Bonchev–Trinajstić information content (AvgIpc) is 2.41. The normalized spacial score (nSPS) is 10.6. The molecule has 0 aliphatic rings. The van der Waals surface area contributed by atoms with E-state index in [1.807, 2.05) is 25.1 Å². The second-order valence-electron chi connectivity index (χ2n) is 4.77. The van der Waals surface area contributed by atoms with E-state index in [0.717, 1.165) is 11.8 Å². The molecule has 2 nitrogen and oxygen atoms in total. The van der Waals surface area contributed by atoms with Crippen LogP contribution in [-0.2, 0) is 6.54 Å². The predicted octanol–water partition coefficient (Wildman–Crippen LogP) is 4.44. The Morgan fingerprint density at radius 3 is 2.33 bits per heavy atom. The van der Waals surface area contributed by atoms with Crippen molar-refractivity contribution in [3.8, 4) is 0 Å². The largest absolute Gasteiger partial charge is 0.379 e. The Kier molecular flexibility index (Phi) is 4.63. The van der Waals surface area contributed by atoms with E-state index >= 15 is 0 Å². The summed E-state index contributed by atoms with van der Waals surface area (Å²) in [5, 5.41) is 3.51. The monoisotopic (exact) mass is 314 g/mol. The van der Waals surface area contributed by atoms with Crippen LogP contribution in [0, 0.1) is 17.5 Å². The molecule has 0 spiro atoms. The fourth-order valence-corrected chi connectivity index (χ4v) is 2.10. The molecule has 0 amide bonds. The van der Waals surface area contributed by atoms with Crippen molar-refractivity contribution in [3.63, 3.8) is 0 Å². The van der Waals surface area contributed by atoms with Crippen molar-refractivity contribution >= 4 is 23.0 Å². The van der Waals surface area contributed by atoms with Crippen LogP contribution in [0.4, 0.5) is 24.5 Å². The fraction of sp³-hybridized carbons (Fsp3) is 0.200. The molecular weight excluding hydrogens is 301 g/mol. The maximum atomic E-state index is 13.6. The van der Waals surface area contributed by atoms with Crippen molar-refractivity contribution in [2.45, 2.75) is 6.54 Å². The molecule has 2 aromatic rings. The van der Waals surface area contributed by atoms with Crippen LogP contribution in [0.5, 0.6) is 0 Å². The highest BCUT2D eigenvalue weighted by atomic mass is 35.5. The van der Waals surface area contributed by atoms with Crippen LogP contribution < -0.4 is 10.2 Å². The molecule has 1 N–H and O–H groups in total. The molecule has 0 radical (unpaired) electrons. The van der Waals surface area contributed by atoms with Gasteiger partial charge < -0.3 is 10.2 Å². The first-order valence-corrected chi connectivity index (χ1v) is 6.60. The third-order valence-electron chi connectivity index (χ3n) is 3.00. The molecule has 0 unspecified atom stereocenters. The lowest BCUT2D eigenvalue weighted by atomic mass is 10.2. The molecule has 0 saturated carbocycles. The molecule has 0 saturated heterocycles. The summed E-state index contributed by atoms with van der Waals surface area (Å²) in [5.74, 6) is -3.07. The van der Waals surface area contributed by atoms with Gasteiger partial charge in [0.1, 0.15) is 5.82 Å². The summed E-state index contributed by atoms with van der Waals surface area (Å²) in [6.07, 6.45) is 0. The summed E-state index contributed by atoms with van der Waals surface area (Å²) in [4.78, 5) is 1.86. The number of hydrogen-bond donors (Lipinski definition) is 1. The maximum absolute atomic E-state index is 13.6. The van der Waals surface area contributed by atoms with Crippen LogP contribution in [0.15, 0.2) is 30.3 Å². The van der Waals surface area contributed by atoms with E-state index < -0.39 is 17.5 Å². The summed E-state index contributed by atoms with van der Waals surface area (Å²) in [6, 6.07) is 6.62. The van der Waals surface area contributed by atoms with Crippen molar-refractivity contribution in [2.24, 2.45) is 0 Å². The molecule has 0 aromatic heterocycles. The van der Waals surface area contributed by atoms with Crippen LogP contribution in [0.2, 0.25) is 5.02 Å². The molecule has 2 rings (SSSR count). The van der Waals surface area contributed by atoms with E-state index in [0.29, 0.717) is 16.8 Å². The quantitative estimate of drug-likeness (QED) is 0.840. The molecule has 0 aliphatic heterocycles. The molecule has 0 aliphatic carbocycles. The number of nitrogens with zero attached hydrogens (tertiary/aromatic N) is 1. The van der Waals surface area contributed by atoms with E-state index in [2.05, 4.69) is 5.32 Å². The smallest absolute Gasteiger partial charge is 0.161 e. The van der Waals surface area contributed by atoms with Gasteiger partial charge in [0.2, 0.25) is 0 Å². The highest BCUT2D eigenvalue weighted by Gasteiger charge is 2.11. The molecule has 0 fully saturated rings.